The van der Waals surface area contributed by atoms with Gasteiger partial charge in [0.2, 0.25) is 24.3 Å². The summed E-state index contributed by atoms with van der Waals surface area (Å²) in [6.07, 6.45) is 17.7. The van der Waals surface area contributed by atoms with Gasteiger partial charge in [-0.05, 0) is 98.1 Å². The van der Waals surface area contributed by atoms with E-state index in [4.69, 9.17) is 0 Å². The van der Waals surface area contributed by atoms with E-state index in [2.05, 4.69) is 26.5 Å². The fourth-order valence-electron chi connectivity index (χ4n) is 6.97. The Hall–Kier alpha value is -4.04. The molecule has 3 aliphatic carbocycles. The molecule has 1 aromatic carbocycles. The number of rotatable bonds is 8. The summed E-state index contributed by atoms with van der Waals surface area (Å²) in [5.74, 6) is 0.453. The number of allylic oxidation sites excluding steroid dienone is 4. The average molecular weight is 511 g/mol. The highest BCUT2D eigenvalue weighted by molar-refractivity contribution is 5.57. The SMILES string of the molecule is C=C1CC(N=C=O)=CC=C1C(c1ccc(N=C=O)cc1)(C1CCC(N=C=O)CC1)C1CCC(N=C=O)CC1. The first-order valence-electron chi connectivity index (χ1n) is 13.1. The van der Waals surface area contributed by atoms with Crippen molar-refractivity contribution in [3.63, 3.8) is 0 Å². The number of aliphatic imine (C=N–C) groups is 4. The van der Waals surface area contributed by atoms with E-state index in [1.54, 1.807) is 24.3 Å². The quantitative estimate of drug-likeness (QED) is 0.325. The summed E-state index contributed by atoms with van der Waals surface area (Å²) < 4.78 is 0. The van der Waals surface area contributed by atoms with Crippen LogP contribution in [0.5, 0.6) is 0 Å². The van der Waals surface area contributed by atoms with Gasteiger partial charge in [-0.15, -0.1) is 0 Å². The molecule has 0 aliphatic heterocycles. The van der Waals surface area contributed by atoms with Crippen molar-refractivity contribution < 1.29 is 19.2 Å². The fraction of sp³-hybridized carbons (Fsp3) is 0.467. The van der Waals surface area contributed by atoms with Crippen LogP contribution in [0.1, 0.15) is 63.4 Å². The van der Waals surface area contributed by atoms with E-state index in [0.717, 1.165) is 68.1 Å². The Kier molecular flexibility index (Phi) is 8.86. The van der Waals surface area contributed by atoms with E-state index >= 15 is 0 Å². The van der Waals surface area contributed by atoms with E-state index < -0.39 is 5.41 Å². The second-order valence-corrected chi connectivity index (χ2v) is 10.3. The van der Waals surface area contributed by atoms with Gasteiger partial charge >= 0.3 is 0 Å². The van der Waals surface area contributed by atoms with Crippen LogP contribution in [0.3, 0.4) is 0 Å². The van der Waals surface area contributed by atoms with E-state index in [9.17, 15) is 19.2 Å². The van der Waals surface area contributed by atoms with Crippen molar-refractivity contribution in [2.45, 2.75) is 75.3 Å². The van der Waals surface area contributed by atoms with Crippen LogP contribution in [-0.2, 0) is 24.6 Å². The summed E-state index contributed by atoms with van der Waals surface area (Å²) in [6.45, 7) is 4.44. The summed E-state index contributed by atoms with van der Waals surface area (Å²) in [5.41, 5.74) is 3.83. The molecule has 3 aliphatic rings. The van der Waals surface area contributed by atoms with Crippen molar-refractivity contribution in [1.82, 2.24) is 0 Å². The Morgan fingerprint density at radius 1 is 0.684 bits per heavy atom. The van der Waals surface area contributed by atoms with E-state index in [1.807, 2.05) is 36.4 Å². The van der Waals surface area contributed by atoms with Crippen LogP contribution >= 0.6 is 0 Å². The van der Waals surface area contributed by atoms with Gasteiger partial charge in [-0.2, -0.15) is 9.98 Å². The maximum atomic E-state index is 10.9. The van der Waals surface area contributed by atoms with Gasteiger partial charge in [-0.1, -0.05) is 24.8 Å². The molecular formula is C30H30N4O4. The summed E-state index contributed by atoms with van der Waals surface area (Å²) in [7, 11) is 0. The standard InChI is InChI=1S/C30H30N4O4/c1-21-16-28(34-20-38)14-15-29(21)30(22-2-8-25(9-3-22)31-17-35,23-4-10-26(11-5-23)32-18-36)24-6-12-27(13-7-24)33-19-37/h2-3,8-9,14-15,23-24,26-27H,1,4-7,10-13,16H2. The Balaban J connectivity index is 1.89. The molecular weight excluding hydrogens is 480 g/mol. The van der Waals surface area contributed by atoms with Crippen LogP contribution in [0.4, 0.5) is 5.69 Å². The Bertz CT molecular complexity index is 1260. The minimum atomic E-state index is -0.431. The lowest BCUT2D eigenvalue weighted by Crippen LogP contribution is -2.48. The predicted octanol–water partition coefficient (Wildman–Crippen LogP) is 5.79. The molecule has 1 aromatic rings. The zero-order chi connectivity index (χ0) is 27.0. The summed E-state index contributed by atoms with van der Waals surface area (Å²) in [5, 5.41) is 0. The van der Waals surface area contributed by atoms with Crippen molar-refractivity contribution in [2.75, 3.05) is 0 Å². The van der Waals surface area contributed by atoms with Gasteiger partial charge in [-0.3, -0.25) is 0 Å². The van der Waals surface area contributed by atoms with Gasteiger partial charge < -0.3 is 0 Å². The number of nitrogens with zero attached hydrogens (tertiary/aromatic N) is 4. The van der Waals surface area contributed by atoms with Crippen molar-refractivity contribution in [1.29, 1.82) is 0 Å². The lowest BCUT2D eigenvalue weighted by Gasteiger charge is -2.53. The van der Waals surface area contributed by atoms with E-state index in [-0.39, 0.29) is 23.9 Å². The largest absolute Gasteiger partial charge is 0.240 e. The average Bonchev–Trinajstić information content (AvgIpc) is 2.93. The third-order valence-corrected chi connectivity index (χ3v) is 8.52. The molecule has 38 heavy (non-hydrogen) atoms. The highest BCUT2D eigenvalue weighted by Gasteiger charge is 2.51. The molecule has 2 fully saturated rings. The number of carbonyl (C=O) groups excluding carboxylic acids is 4. The molecule has 4 rings (SSSR count). The highest BCUT2D eigenvalue weighted by atomic mass is 16.1. The number of isocyanates is 4. The Labute approximate surface area is 221 Å². The maximum Gasteiger partial charge on any atom is 0.240 e. The number of hydrogen-bond acceptors (Lipinski definition) is 8. The Morgan fingerprint density at radius 2 is 1.21 bits per heavy atom. The topological polar surface area (TPSA) is 118 Å². The van der Waals surface area contributed by atoms with Crippen LogP contribution in [0.25, 0.3) is 0 Å². The summed E-state index contributed by atoms with van der Waals surface area (Å²) >= 11 is 0. The van der Waals surface area contributed by atoms with Crippen LogP contribution in [0.15, 0.2) is 79.8 Å². The first-order chi connectivity index (χ1) is 18.6. The third kappa shape index (κ3) is 5.45. The van der Waals surface area contributed by atoms with Gasteiger partial charge in [-0.25, -0.2) is 29.2 Å². The normalized spacial score (nSPS) is 26.6. The molecule has 0 N–H and O–H groups in total. The van der Waals surface area contributed by atoms with Gasteiger partial charge in [0, 0.05) is 11.8 Å². The molecule has 0 atom stereocenters. The second-order valence-electron chi connectivity index (χ2n) is 10.3. The number of hydrogen-bond donors (Lipinski definition) is 0. The maximum absolute atomic E-state index is 10.9. The van der Waals surface area contributed by atoms with Crippen LogP contribution < -0.4 is 0 Å². The van der Waals surface area contributed by atoms with E-state index in [0.29, 0.717) is 17.8 Å². The smallest absolute Gasteiger partial charge is 0.211 e. The molecule has 0 saturated heterocycles. The van der Waals surface area contributed by atoms with Crippen LogP contribution in [-0.4, -0.2) is 36.4 Å². The molecule has 0 aromatic heterocycles. The molecule has 0 spiro atoms. The molecule has 194 valence electrons. The van der Waals surface area contributed by atoms with Gasteiger partial charge in [0.15, 0.2) is 0 Å². The predicted molar refractivity (Wildman–Crippen MR) is 142 cm³/mol. The van der Waals surface area contributed by atoms with Crippen LogP contribution in [0.2, 0.25) is 0 Å². The highest BCUT2D eigenvalue weighted by Crippen LogP contribution is 2.57. The minimum absolute atomic E-state index is 0.0274. The summed E-state index contributed by atoms with van der Waals surface area (Å²) in [4.78, 5) is 59.3. The lowest BCUT2D eigenvalue weighted by atomic mass is 9.51. The van der Waals surface area contributed by atoms with Gasteiger partial charge in [0.25, 0.3) is 0 Å². The molecule has 8 heteroatoms. The second kappa shape index (κ2) is 12.5. The molecule has 0 heterocycles. The molecule has 0 unspecified atom stereocenters. The van der Waals surface area contributed by atoms with Gasteiger partial charge in [0.1, 0.15) is 0 Å². The van der Waals surface area contributed by atoms with E-state index in [1.165, 1.54) is 0 Å². The van der Waals surface area contributed by atoms with Crippen molar-refractivity contribution >= 4 is 30.0 Å². The van der Waals surface area contributed by atoms with Crippen LogP contribution in [0, 0.1) is 11.8 Å². The first-order valence-corrected chi connectivity index (χ1v) is 13.1. The fourth-order valence-corrected chi connectivity index (χ4v) is 6.97. The van der Waals surface area contributed by atoms with Crippen molar-refractivity contribution in [3.8, 4) is 0 Å². The van der Waals surface area contributed by atoms with Gasteiger partial charge in [0.05, 0.1) is 23.5 Å². The zero-order valence-corrected chi connectivity index (χ0v) is 21.3. The molecule has 0 radical (unpaired) electrons. The number of benzene rings is 1. The Morgan fingerprint density at radius 3 is 1.66 bits per heavy atom. The first kappa shape index (κ1) is 27.0. The lowest BCUT2D eigenvalue weighted by molar-refractivity contribution is 0.122. The zero-order valence-electron chi connectivity index (χ0n) is 21.3. The molecule has 8 nitrogen and oxygen atoms in total. The van der Waals surface area contributed by atoms with Crippen molar-refractivity contribution in [2.24, 2.45) is 31.8 Å². The molecule has 2 saturated carbocycles. The molecule has 0 amide bonds. The summed E-state index contributed by atoms with van der Waals surface area (Å²) in [6, 6.07) is 7.70. The van der Waals surface area contributed by atoms with Crippen molar-refractivity contribution in [3.05, 3.63) is 65.4 Å². The minimum Gasteiger partial charge on any atom is -0.211 e. The monoisotopic (exact) mass is 510 g/mol. The molecule has 0 bridgehead atoms. The third-order valence-electron chi connectivity index (χ3n) is 8.52.